The number of benzene rings is 1. The first-order chi connectivity index (χ1) is 12.2. The number of hydrogen-bond donors (Lipinski definition) is 1. The van der Waals surface area contributed by atoms with Crippen LogP contribution in [-0.2, 0) is 0 Å². The van der Waals surface area contributed by atoms with Gasteiger partial charge in [0.15, 0.2) is 0 Å². The molecule has 0 saturated carbocycles. The van der Waals surface area contributed by atoms with Crippen LogP contribution in [0.5, 0.6) is 0 Å². The van der Waals surface area contributed by atoms with Gasteiger partial charge < -0.3 is 4.90 Å². The average molecular weight is 334 g/mol. The van der Waals surface area contributed by atoms with Crippen molar-refractivity contribution in [3.63, 3.8) is 0 Å². The lowest BCUT2D eigenvalue weighted by molar-refractivity contribution is 0.178. The fourth-order valence-electron chi connectivity index (χ4n) is 3.04. The van der Waals surface area contributed by atoms with E-state index in [0.29, 0.717) is 5.95 Å². The SMILES string of the molecule is Cc1cncc(-c2ccc3nc(NN4CCN(C)CC4)ncc3c2)c1. The van der Waals surface area contributed by atoms with E-state index in [4.69, 9.17) is 0 Å². The lowest BCUT2D eigenvalue weighted by Gasteiger charge is -2.32. The summed E-state index contributed by atoms with van der Waals surface area (Å²) >= 11 is 0. The van der Waals surface area contributed by atoms with Crippen molar-refractivity contribution in [2.75, 3.05) is 38.7 Å². The maximum absolute atomic E-state index is 4.65. The van der Waals surface area contributed by atoms with E-state index in [0.717, 1.165) is 53.8 Å². The number of nitrogens with one attached hydrogen (secondary N) is 1. The molecule has 128 valence electrons. The molecule has 0 aliphatic carbocycles. The van der Waals surface area contributed by atoms with Crippen molar-refractivity contribution in [3.05, 3.63) is 48.4 Å². The fourth-order valence-corrected chi connectivity index (χ4v) is 3.04. The van der Waals surface area contributed by atoms with E-state index in [1.54, 1.807) is 0 Å². The molecule has 0 amide bonds. The van der Waals surface area contributed by atoms with Crippen molar-refractivity contribution in [3.8, 4) is 11.1 Å². The van der Waals surface area contributed by atoms with Crippen LogP contribution in [0.4, 0.5) is 5.95 Å². The number of hydrogen-bond acceptors (Lipinski definition) is 6. The largest absolute Gasteiger partial charge is 0.304 e. The summed E-state index contributed by atoms with van der Waals surface area (Å²) < 4.78 is 0. The van der Waals surface area contributed by atoms with Gasteiger partial charge in [0.2, 0.25) is 5.95 Å². The zero-order valence-corrected chi connectivity index (χ0v) is 14.6. The molecular formula is C19H22N6. The molecule has 1 aromatic carbocycles. The van der Waals surface area contributed by atoms with Crippen molar-refractivity contribution in [2.24, 2.45) is 0 Å². The monoisotopic (exact) mass is 334 g/mol. The summed E-state index contributed by atoms with van der Waals surface area (Å²) in [6, 6.07) is 8.39. The summed E-state index contributed by atoms with van der Waals surface area (Å²) in [5.41, 5.74) is 7.66. The third kappa shape index (κ3) is 3.60. The molecule has 0 unspecified atom stereocenters. The van der Waals surface area contributed by atoms with Crippen LogP contribution in [0.1, 0.15) is 5.56 Å². The van der Waals surface area contributed by atoms with Crippen LogP contribution in [0, 0.1) is 6.92 Å². The Hall–Kier alpha value is -2.57. The van der Waals surface area contributed by atoms with Gasteiger partial charge >= 0.3 is 0 Å². The van der Waals surface area contributed by atoms with Gasteiger partial charge in [0.25, 0.3) is 0 Å². The number of anilines is 1. The van der Waals surface area contributed by atoms with E-state index in [2.05, 4.69) is 62.5 Å². The van der Waals surface area contributed by atoms with Crippen LogP contribution in [0.2, 0.25) is 0 Å². The molecule has 0 spiro atoms. The minimum Gasteiger partial charge on any atom is -0.304 e. The second-order valence-electron chi connectivity index (χ2n) is 6.62. The molecule has 3 heterocycles. The average Bonchev–Trinajstić information content (AvgIpc) is 2.63. The molecule has 3 aromatic rings. The summed E-state index contributed by atoms with van der Waals surface area (Å²) in [5.74, 6) is 0.655. The highest BCUT2D eigenvalue weighted by Crippen LogP contribution is 2.24. The molecular weight excluding hydrogens is 312 g/mol. The second kappa shape index (κ2) is 6.74. The highest BCUT2D eigenvalue weighted by Gasteiger charge is 2.14. The molecule has 25 heavy (non-hydrogen) atoms. The molecule has 1 aliphatic heterocycles. The number of aromatic nitrogens is 3. The Balaban J connectivity index is 1.56. The van der Waals surface area contributed by atoms with Crippen molar-refractivity contribution in [1.82, 2.24) is 24.9 Å². The summed E-state index contributed by atoms with van der Waals surface area (Å²) in [4.78, 5) is 15.7. The van der Waals surface area contributed by atoms with Crippen molar-refractivity contribution < 1.29 is 0 Å². The number of rotatable bonds is 3. The summed E-state index contributed by atoms with van der Waals surface area (Å²) in [6.45, 7) is 6.09. The normalized spacial score (nSPS) is 16.2. The first-order valence-corrected chi connectivity index (χ1v) is 8.56. The topological polar surface area (TPSA) is 57.2 Å². The van der Waals surface area contributed by atoms with E-state index in [1.807, 2.05) is 24.7 Å². The standard InChI is InChI=1S/C19H22N6/c1-14-9-16(12-20-11-14)15-3-4-18-17(10-15)13-21-19(22-18)23-25-7-5-24(2)6-8-25/h3-4,9-13H,5-8H2,1-2H3,(H,21,22,23). The zero-order valence-electron chi connectivity index (χ0n) is 14.6. The van der Waals surface area contributed by atoms with E-state index < -0.39 is 0 Å². The van der Waals surface area contributed by atoms with Crippen molar-refractivity contribution >= 4 is 16.9 Å². The number of hydrazine groups is 1. The highest BCUT2D eigenvalue weighted by molar-refractivity contribution is 5.84. The van der Waals surface area contributed by atoms with E-state index in [-0.39, 0.29) is 0 Å². The smallest absolute Gasteiger partial charge is 0.238 e. The number of piperazine rings is 1. The molecule has 0 radical (unpaired) electrons. The van der Waals surface area contributed by atoms with Crippen LogP contribution in [0.15, 0.2) is 42.9 Å². The van der Waals surface area contributed by atoms with Crippen LogP contribution < -0.4 is 5.43 Å². The Morgan fingerprint density at radius 3 is 2.60 bits per heavy atom. The molecule has 1 fully saturated rings. The van der Waals surface area contributed by atoms with Crippen LogP contribution in [0.25, 0.3) is 22.0 Å². The molecule has 1 saturated heterocycles. The van der Waals surface area contributed by atoms with Gasteiger partial charge in [-0.05, 0) is 43.3 Å². The zero-order chi connectivity index (χ0) is 17.2. The maximum atomic E-state index is 4.65. The fraction of sp³-hybridized carbons (Fsp3) is 0.316. The van der Waals surface area contributed by atoms with Gasteiger partial charge in [-0.2, -0.15) is 0 Å². The quantitative estimate of drug-likeness (QED) is 0.794. The van der Waals surface area contributed by atoms with Gasteiger partial charge in [0.05, 0.1) is 5.52 Å². The number of pyridine rings is 1. The van der Waals surface area contributed by atoms with Gasteiger partial charge in [0, 0.05) is 55.7 Å². The Morgan fingerprint density at radius 1 is 0.960 bits per heavy atom. The maximum Gasteiger partial charge on any atom is 0.238 e. The summed E-state index contributed by atoms with van der Waals surface area (Å²) in [6.07, 6.45) is 5.63. The van der Waals surface area contributed by atoms with Crippen LogP contribution in [0.3, 0.4) is 0 Å². The van der Waals surface area contributed by atoms with Crippen LogP contribution in [-0.4, -0.2) is 58.1 Å². The highest BCUT2D eigenvalue weighted by atomic mass is 15.5. The predicted octanol–water partition coefficient (Wildman–Crippen LogP) is 2.57. The molecule has 2 aromatic heterocycles. The van der Waals surface area contributed by atoms with Gasteiger partial charge in [-0.25, -0.2) is 15.0 Å². The molecule has 1 aliphatic rings. The number of nitrogens with zero attached hydrogens (tertiary/aromatic N) is 5. The number of likely N-dealkylation sites (N-methyl/N-ethyl adjacent to an activating group) is 1. The van der Waals surface area contributed by atoms with Crippen LogP contribution >= 0.6 is 0 Å². The van der Waals surface area contributed by atoms with Gasteiger partial charge in [-0.15, -0.1) is 0 Å². The molecule has 0 bridgehead atoms. The lowest BCUT2D eigenvalue weighted by atomic mass is 10.0. The second-order valence-corrected chi connectivity index (χ2v) is 6.62. The van der Waals surface area contributed by atoms with Gasteiger partial charge in [-0.1, -0.05) is 6.07 Å². The number of aryl methyl sites for hydroxylation is 1. The number of fused-ring (bicyclic) bond motifs is 1. The van der Waals surface area contributed by atoms with Crippen molar-refractivity contribution in [1.29, 1.82) is 0 Å². The third-order valence-electron chi connectivity index (χ3n) is 4.55. The van der Waals surface area contributed by atoms with E-state index in [1.165, 1.54) is 0 Å². The minimum absolute atomic E-state index is 0.655. The Morgan fingerprint density at radius 2 is 1.80 bits per heavy atom. The first kappa shape index (κ1) is 15.9. The predicted molar refractivity (Wildman–Crippen MR) is 100 cm³/mol. The summed E-state index contributed by atoms with van der Waals surface area (Å²) in [7, 11) is 2.14. The third-order valence-corrected chi connectivity index (χ3v) is 4.55. The summed E-state index contributed by atoms with van der Waals surface area (Å²) in [5, 5.41) is 3.21. The first-order valence-electron chi connectivity index (χ1n) is 8.56. The van der Waals surface area contributed by atoms with Crippen molar-refractivity contribution in [2.45, 2.75) is 6.92 Å². The van der Waals surface area contributed by atoms with E-state index >= 15 is 0 Å². The molecule has 4 rings (SSSR count). The molecule has 0 atom stereocenters. The van der Waals surface area contributed by atoms with Gasteiger partial charge in [0.1, 0.15) is 0 Å². The van der Waals surface area contributed by atoms with E-state index in [9.17, 15) is 0 Å². The molecule has 6 nitrogen and oxygen atoms in total. The Labute approximate surface area is 147 Å². The molecule has 6 heteroatoms. The Bertz CT molecular complexity index is 886. The minimum atomic E-state index is 0.655. The lowest BCUT2D eigenvalue weighted by Crippen LogP contribution is -2.47. The molecule has 1 N–H and O–H groups in total. The van der Waals surface area contributed by atoms with Gasteiger partial charge in [-0.3, -0.25) is 10.4 Å². The Kier molecular flexibility index (Phi) is 4.29.